The van der Waals surface area contributed by atoms with E-state index in [9.17, 15) is 90.4 Å². The van der Waals surface area contributed by atoms with Gasteiger partial charge in [0.25, 0.3) is 16.7 Å². The van der Waals surface area contributed by atoms with Crippen LogP contribution < -0.4 is 16.7 Å². The first-order chi connectivity index (χ1) is 93.6. The number of hydrogen-bond donors (Lipinski definition) is 0. The zero-order valence-corrected chi connectivity index (χ0v) is 78.5. The Morgan fingerprint density at radius 2 is 0.799 bits per heavy atom. The van der Waals surface area contributed by atoms with E-state index in [0.717, 1.165) is 98.8 Å². The molecule has 3 amide bonds. The van der Waals surface area contributed by atoms with Crippen molar-refractivity contribution in [2.24, 2.45) is 5.89 Å². The zero-order valence-electron chi connectivity index (χ0n) is 141. The number of alkyl halides is 9. The summed E-state index contributed by atoms with van der Waals surface area (Å²) in [7, 11) is 0. The minimum Gasteiger partial charge on any atom is -0.336 e. The van der Waals surface area contributed by atoms with Gasteiger partial charge in [0, 0.05) is 143 Å². The number of rotatable bonds is 39. The molecule has 2 atom stereocenters. The van der Waals surface area contributed by atoms with Gasteiger partial charge in [-0.3, -0.25) is 28.8 Å². The molecule has 33 heteroatoms. The van der Waals surface area contributed by atoms with Gasteiger partial charge in [-0.2, -0.15) is 54.5 Å². The van der Waals surface area contributed by atoms with E-state index >= 15 is 14.4 Å². The van der Waals surface area contributed by atoms with E-state index in [1.807, 2.05) is 0 Å². The third kappa shape index (κ3) is 29.1. The second-order valence-electron chi connectivity index (χ2n) is 29.3. The number of halogens is 12. The molecule has 0 radical (unpaired) electrons. The van der Waals surface area contributed by atoms with E-state index < -0.39 is 461 Å². The standard InChI is InChI=1S/3C37H40F4N4O2S/c1-4-43(5-2)18-19-44(22-26-6-10-28(11-7-26)29-12-14-30(15-13-29)37(39,40)41)34(46)23-45-33-21-25(3)20-32(33)35(47)42-36(45)48-24-27-8-16-31(38)17-9-27;1-4-43(5-2)21-22-44(25(3)27-11-13-28(14-12-27)29-15-17-30(18-16-29)37(39,40)41)34(46)23-45-33-8-6-7-32(33)35(47)42-36(45)48-24-26-9-19-31(38)20-10-26;1-4-43(5-2)19-20-44(22-26-9-13-28(14-10-26)29-15-18-32(25(3)21-29)37(39,40)41)34(46)23-45-33-8-6-7-31(33)35(47)42-36(45)48-24-27-11-16-30(38)17-12-27/h6-17,25H,4-5,18-24H2,1-3H3;9-20,25H,4-8,21-24H2,1-3H3;9-18,21H,4-8,19-20,22-24H2,1-3H3/i4D2,5D2,6D,7D,10D,11D,12D,13D,14D,15D,18D2,19D2,20D2,21D2,22D2,23D2,24D2,25D;4D2,5D2,9D,10D,19D,20D,21D2,22D2,23D2,24D2,25D;4D2,5D2,9D,10D,13D,14D,15D,18D,19D2,20D2,21D,22D2,23D2,24D2. The lowest BCUT2D eigenvalue weighted by molar-refractivity contribution is -0.138. The second-order valence-corrected chi connectivity index (χ2v) is 31.6. The smallest absolute Gasteiger partial charge is 0.336 e. The Labute approximate surface area is 936 Å². The fourth-order valence-electron chi connectivity index (χ4n) is 12.9. The number of likely N-dealkylation sites (N-methyl/N-ethyl adjacent to an activating group) is 3. The molecule has 0 spiro atoms. The Balaban J connectivity index is 0.000000251. The fraction of sp³-hybridized carbons (Fsp3) is 0.378. The van der Waals surface area contributed by atoms with Crippen molar-refractivity contribution in [3.8, 4) is 33.4 Å². The van der Waals surface area contributed by atoms with Crippen LogP contribution in [0.15, 0.2) is 242 Å². The quantitative estimate of drug-likeness (QED) is 0.0202. The van der Waals surface area contributed by atoms with Crippen LogP contribution >= 0.6 is 35.3 Å². The van der Waals surface area contributed by atoms with Crippen LogP contribution in [-0.4, -0.2) is 154 Å². The van der Waals surface area contributed by atoms with Crippen molar-refractivity contribution in [2.75, 3.05) is 78.0 Å². The van der Waals surface area contributed by atoms with Crippen molar-refractivity contribution in [1.29, 1.82) is 0 Å². The highest BCUT2D eigenvalue weighted by Crippen LogP contribution is 2.39. The summed E-state index contributed by atoms with van der Waals surface area (Å²) in [6.07, 6.45) is -23.2. The van der Waals surface area contributed by atoms with Gasteiger partial charge in [-0.1, -0.05) is 229 Å². The third-order valence-electron chi connectivity index (χ3n) is 19.9. The SMILES string of the molecule is [2H]c1c([2H])c(C(F)(F)F)c([2H])c([2H])c1-c1c([2H])c([2H])c(C([2H])([2H])N(C(=O)C([2H])([2H])n2c(SC([2H])([2H])c3ccc(F)cc3)nc(=O)c3c2C([2H])([2H])C([2H])(C)C3([2H])[2H])C([2H])([2H])C([2H])([2H])N(C([2H])([2H])C)C([2H])([2H])C)c([2H])c1[2H].[2H]c1c([2H])c(C([2H])([2H])N(C(=O)C([2H])([2H])n2c(SC([2H])([2H])c3ccc(F)cc3)nc(=O)c3c2CCC3)C([2H])([2H])C([2H])([2H])N(C([2H])([2H])C)C([2H])([2H])C)c([2H])c([2H])c1-c1c([2H])c([2H])c(C(F)(F)F)c(C)c1[2H].[2H]c1c([2H])c(C([2H])([2H])Sc2nc(=O)c3c(n2C([2H])([2H])C(=O)N(C([2H])(C)c2ccc(-c4ccc(C(F)(F)F)cc4)cc2)C([2H])([2H])C([2H])([2H])N(C([2H])([2H])C)C([2H])([2H])C)CCC3)c([2H])c([2H])c1F. The topological polar surface area (TPSA) is 175 Å². The van der Waals surface area contributed by atoms with E-state index in [0.29, 0.717) is 57.6 Å². The van der Waals surface area contributed by atoms with Crippen molar-refractivity contribution in [1.82, 2.24) is 58.1 Å². The predicted octanol–water partition coefficient (Wildman–Crippen LogP) is 22.8. The minimum atomic E-state index is -5.55. The molecule has 3 aliphatic carbocycles. The van der Waals surface area contributed by atoms with Crippen molar-refractivity contribution in [2.45, 2.75) is 203 Å². The lowest BCUT2D eigenvalue weighted by atomic mass is 9.98. The maximum Gasteiger partial charge on any atom is 0.416 e. The van der Waals surface area contributed by atoms with Gasteiger partial charge < -0.3 is 43.1 Å². The first-order valence-electron chi connectivity index (χ1n) is 74.3. The van der Waals surface area contributed by atoms with Crippen molar-refractivity contribution < 1.29 is 156 Å². The number of hydrogen-bond acceptors (Lipinski definition) is 15. The number of amides is 3. The molecule has 0 saturated heterocycles. The minimum absolute atomic E-state index is 0.0221. The molecule has 15 rings (SSSR count). The molecule has 12 aromatic rings. The van der Waals surface area contributed by atoms with Crippen LogP contribution in [0, 0.1) is 30.3 Å². The van der Waals surface area contributed by atoms with Crippen LogP contribution in [0.3, 0.4) is 0 Å². The van der Waals surface area contributed by atoms with Gasteiger partial charge >= 0.3 is 18.5 Å². The highest BCUT2D eigenvalue weighted by Gasteiger charge is 2.36. The molecule has 0 fully saturated rings. The van der Waals surface area contributed by atoms with E-state index in [1.165, 1.54) is 12.1 Å². The molecule has 762 valence electrons. The molecule has 144 heavy (non-hydrogen) atoms. The van der Waals surface area contributed by atoms with Crippen LogP contribution in [0.2, 0.25) is 0 Å². The number of fused-ring (bicyclic) bond motifs is 3. The summed E-state index contributed by atoms with van der Waals surface area (Å²) >= 11 is -0.602. The molecule has 0 aliphatic heterocycles. The first-order valence-corrected chi connectivity index (χ1v) is 44.2. The summed E-state index contributed by atoms with van der Waals surface area (Å²) in [5.74, 6) is -14.2. The maximum atomic E-state index is 15.6. The summed E-state index contributed by atoms with van der Waals surface area (Å²) in [6, 6.07) is -16.9. The second kappa shape index (κ2) is 50.3. The normalized spacial score (nSPS) is 23.6. The number of benzene rings is 9. The molecule has 3 heterocycles. The molecule has 0 bridgehead atoms. The summed E-state index contributed by atoms with van der Waals surface area (Å²) in [4.78, 5) is 94.3. The largest absolute Gasteiger partial charge is 0.416 e. The Hall–Kier alpha value is -11.9. The van der Waals surface area contributed by atoms with Gasteiger partial charge in [0.15, 0.2) is 15.5 Å². The highest BCUT2D eigenvalue weighted by atomic mass is 32.2. The van der Waals surface area contributed by atoms with Crippen LogP contribution in [-0.2, 0) is 121 Å². The Kier molecular flexibility index (Phi) is 18.1. The molecule has 9 aromatic carbocycles. The summed E-state index contributed by atoms with van der Waals surface area (Å²) < 4.78 is 737. The molecule has 0 saturated carbocycles. The molecular weight excluding hydrogens is 1920 g/mol. The van der Waals surface area contributed by atoms with Crippen LogP contribution in [0.4, 0.5) is 52.7 Å². The zero-order chi connectivity index (χ0) is 161. The Morgan fingerprint density at radius 1 is 0.424 bits per heavy atom. The van der Waals surface area contributed by atoms with E-state index in [4.69, 9.17) is 65.8 Å². The molecule has 18 nitrogen and oxygen atoms in total. The molecule has 2 unspecified atom stereocenters. The van der Waals surface area contributed by atoms with Crippen molar-refractivity contribution in [3.63, 3.8) is 0 Å². The van der Waals surface area contributed by atoms with Crippen molar-refractivity contribution in [3.05, 3.63) is 350 Å². The van der Waals surface area contributed by atoms with Gasteiger partial charge in [0.2, 0.25) is 17.7 Å². The summed E-state index contributed by atoms with van der Waals surface area (Å²) in [5.41, 5.74) is -33.6. The highest BCUT2D eigenvalue weighted by molar-refractivity contribution is 7.98. The maximum absolute atomic E-state index is 15.6. The Bertz CT molecular complexity index is 10000. The van der Waals surface area contributed by atoms with Crippen LogP contribution in [0.5, 0.6) is 0 Å². The van der Waals surface area contributed by atoms with Crippen LogP contribution in [0.1, 0.15) is 253 Å². The van der Waals surface area contributed by atoms with Crippen molar-refractivity contribution >= 4 is 53.0 Å². The Morgan fingerprint density at radius 3 is 1.22 bits per heavy atom. The van der Waals surface area contributed by atoms with E-state index in [1.54, 1.807) is 0 Å². The van der Waals surface area contributed by atoms with Gasteiger partial charge in [-0.25, -0.2) is 13.2 Å². The number of aromatic nitrogens is 6. The third-order valence-corrected chi connectivity index (χ3v) is 22.3. The average molecular weight is 2110 g/mol. The average Bonchev–Trinajstić information content (AvgIpc) is 1.51. The first kappa shape index (κ1) is 51.9. The number of thioether (sulfide) groups is 3. The summed E-state index contributed by atoms with van der Waals surface area (Å²) in [5, 5.41) is -3.48. The fourth-order valence-corrected chi connectivity index (χ4v) is 15.0. The number of carbonyl (C=O) groups excluding carboxylic acids is 3. The lowest BCUT2D eigenvalue weighted by Gasteiger charge is -2.33. The monoisotopic (exact) mass is 2110 g/mol. The van der Waals surface area contributed by atoms with Gasteiger partial charge in [-0.05, 0) is 249 Å². The van der Waals surface area contributed by atoms with Gasteiger partial charge in [-0.15, -0.1) is 0 Å². The predicted molar refractivity (Wildman–Crippen MR) is 544 cm³/mol. The molecular formula is C111H120F12N12O6S3. The van der Waals surface area contributed by atoms with E-state index in [-0.39, 0.29) is 123 Å². The summed E-state index contributed by atoms with van der Waals surface area (Å²) in [6.45, 7) is -62.7. The van der Waals surface area contributed by atoms with Gasteiger partial charge in [0.05, 0.1) is 72.1 Å². The molecule has 3 aliphatic rings. The number of nitrogens with zero attached hydrogens (tertiary/aromatic N) is 12. The number of carbonyl (C=O) groups is 3. The van der Waals surface area contributed by atoms with E-state index in [2.05, 4.69) is 15.0 Å². The molecule has 0 N–H and O–H groups in total. The van der Waals surface area contributed by atoms with Crippen LogP contribution in [0.25, 0.3) is 33.4 Å². The molecule has 3 aromatic heterocycles. The van der Waals surface area contributed by atoms with Gasteiger partial charge in [0.1, 0.15) is 36.9 Å². The lowest BCUT2D eigenvalue weighted by Crippen LogP contribution is -2.42.